The molecule has 3 aromatic heterocycles. The third kappa shape index (κ3) is 1.68. The molecule has 5 rings (SSSR count). The van der Waals surface area contributed by atoms with Crippen molar-refractivity contribution in [3.05, 3.63) is 48.0 Å². The topological polar surface area (TPSA) is 59.4 Å². The summed E-state index contributed by atoms with van der Waals surface area (Å²) < 4.78 is 2.21. The molecule has 0 radical (unpaired) electrons. The van der Waals surface area contributed by atoms with E-state index in [4.69, 9.17) is 9.97 Å². The first-order chi connectivity index (χ1) is 10.8. The molecule has 0 aliphatic heterocycles. The molecule has 0 saturated heterocycles. The number of fused-ring (bicyclic) bond motifs is 2. The number of benzene rings is 1. The fourth-order valence-electron chi connectivity index (χ4n) is 3.01. The lowest BCUT2D eigenvalue weighted by atomic mass is 10.2. The van der Waals surface area contributed by atoms with Crippen LogP contribution in [0.4, 0.5) is 0 Å². The molecule has 1 aliphatic carbocycles. The highest BCUT2D eigenvalue weighted by Crippen LogP contribution is 2.41. The Labute approximate surface area is 127 Å². The highest BCUT2D eigenvalue weighted by molar-refractivity contribution is 5.82. The molecular weight excluding hydrogens is 274 g/mol. The number of H-pyrrole nitrogens is 1. The van der Waals surface area contributed by atoms with Gasteiger partial charge in [0, 0.05) is 22.7 Å². The first-order valence-corrected chi connectivity index (χ1v) is 7.59. The summed E-state index contributed by atoms with van der Waals surface area (Å²) in [6.45, 7) is 2.02. The molecule has 0 bridgehead atoms. The summed E-state index contributed by atoms with van der Waals surface area (Å²) in [4.78, 5) is 9.56. The maximum Gasteiger partial charge on any atom is 0.164 e. The van der Waals surface area contributed by atoms with Crippen molar-refractivity contribution in [1.29, 1.82) is 0 Å². The number of imidazole rings is 1. The number of rotatable bonds is 2. The minimum Gasteiger partial charge on any atom is -0.280 e. The van der Waals surface area contributed by atoms with Gasteiger partial charge in [-0.2, -0.15) is 5.10 Å². The fourth-order valence-corrected chi connectivity index (χ4v) is 3.01. The van der Waals surface area contributed by atoms with Gasteiger partial charge in [0.25, 0.3) is 0 Å². The molecule has 0 atom stereocenters. The molecule has 1 fully saturated rings. The van der Waals surface area contributed by atoms with Crippen LogP contribution in [-0.4, -0.2) is 24.7 Å². The summed E-state index contributed by atoms with van der Waals surface area (Å²) in [6, 6.07) is 10.4. The van der Waals surface area contributed by atoms with Crippen LogP contribution in [0, 0.1) is 6.92 Å². The molecule has 22 heavy (non-hydrogen) atoms. The van der Waals surface area contributed by atoms with Gasteiger partial charge in [0.15, 0.2) is 5.65 Å². The third-order valence-electron chi connectivity index (χ3n) is 4.29. The molecule has 5 heteroatoms. The number of pyridine rings is 1. The quantitative estimate of drug-likeness (QED) is 0.614. The second-order valence-electron chi connectivity index (χ2n) is 6.02. The largest absolute Gasteiger partial charge is 0.280 e. The van der Waals surface area contributed by atoms with E-state index in [9.17, 15) is 0 Å². The lowest BCUT2D eigenvalue weighted by molar-refractivity contribution is 0.890. The van der Waals surface area contributed by atoms with Crippen molar-refractivity contribution in [3.63, 3.8) is 0 Å². The van der Waals surface area contributed by atoms with Crippen LogP contribution in [0.1, 0.15) is 30.3 Å². The van der Waals surface area contributed by atoms with E-state index in [1.165, 1.54) is 12.8 Å². The maximum atomic E-state index is 4.84. The molecule has 108 valence electrons. The summed E-state index contributed by atoms with van der Waals surface area (Å²) in [6.07, 6.45) is 4.29. The van der Waals surface area contributed by atoms with Crippen molar-refractivity contribution >= 4 is 22.1 Å². The van der Waals surface area contributed by atoms with Gasteiger partial charge in [0.1, 0.15) is 11.3 Å². The Balaban J connectivity index is 1.84. The van der Waals surface area contributed by atoms with E-state index in [1.807, 2.05) is 19.2 Å². The van der Waals surface area contributed by atoms with Crippen molar-refractivity contribution in [1.82, 2.24) is 24.7 Å². The maximum absolute atomic E-state index is 4.84. The number of aromatic nitrogens is 5. The number of nitrogens with zero attached hydrogens (tertiary/aromatic N) is 4. The van der Waals surface area contributed by atoms with Crippen LogP contribution in [0.2, 0.25) is 0 Å². The van der Waals surface area contributed by atoms with E-state index in [2.05, 4.69) is 39.0 Å². The lowest BCUT2D eigenvalue weighted by Gasteiger charge is -2.08. The number of aryl methyl sites for hydroxylation is 1. The van der Waals surface area contributed by atoms with E-state index in [1.54, 1.807) is 0 Å². The van der Waals surface area contributed by atoms with Crippen molar-refractivity contribution in [2.24, 2.45) is 0 Å². The summed E-state index contributed by atoms with van der Waals surface area (Å²) in [7, 11) is 0. The van der Waals surface area contributed by atoms with E-state index in [0.29, 0.717) is 5.92 Å². The second-order valence-corrected chi connectivity index (χ2v) is 6.02. The minimum atomic E-state index is 0.564. The Hall–Kier alpha value is -2.69. The summed E-state index contributed by atoms with van der Waals surface area (Å²) >= 11 is 0. The Morgan fingerprint density at radius 3 is 2.91 bits per heavy atom. The Morgan fingerprint density at radius 2 is 2.05 bits per heavy atom. The molecule has 4 aromatic rings. The van der Waals surface area contributed by atoms with Gasteiger partial charge in [0.2, 0.25) is 0 Å². The van der Waals surface area contributed by atoms with Crippen molar-refractivity contribution in [2.75, 3.05) is 0 Å². The average molecular weight is 289 g/mol. The molecule has 1 aromatic carbocycles. The number of aromatic amines is 1. The Bertz CT molecular complexity index is 1010. The Kier molecular flexibility index (Phi) is 2.25. The predicted molar refractivity (Wildman–Crippen MR) is 85.2 cm³/mol. The minimum absolute atomic E-state index is 0.564. The smallest absolute Gasteiger partial charge is 0.164 e. The number of nitrogens with one attached hydrogen (secondary N) is 1. The van der Waals surface area contributed by atoms with E-state index < -0.39 is 0 Å². The zero-order chi connectivity index (χ0) is 14.7. The van der Waals surface area contributed by atoms with Gasteiger partial charge in [-0.1, -0.05) is 0 Å². The van der Waals surface area contributed by atoms with Crippen LogP contribution in [-0.2, 0) is 0 Å². The molecule has 0 spiro atoms. The van der Waals surface area contributed by atoms with Gasteiger partial charge in [-0.15, -0.1) is 0 Å². The van der Waals surface area contributed by atoms with Gasteiger partial charge < -0.3 is 0 Å². The molecule has 1 aliphatic rings. The summed E-state index contributed by atoms with van der Waals surface area (Å²) in [5.41, 5.74) is 5.09. The third-order valence-corrected chi connectivity index (χ3v) is 4.29. The molecular formula is C17H15N5. The van der Waals surface area contributed by atoms with Crippen molar-refractivity contribution in [2.45, 2.75) is 25.7 Å². The fraction of sp³-hybridized carbons (Fsp3) is 0.235. The molecule has 5 nitrogen and oxygen atoms in total. The first-order valence-electron chi connectivity index (χ1n) is 7.59. The van der Waals surface area contributed by atoms with Crippen LogP contribution in [0.3, 0.4) is 0 Å². The summed E-state index contributed by atoms with van der Waals surface area (Å²) in [5, 5.41) is 8.21. The highest BCUT2D eigenvalue weighted by Gasteiger charge is 2.30. The molecule has 0 amide bonds. The van der Waals surface area contributed by atoms with Crippen LogP contribution in [0.25, 0.3) is 27.8 Å². The van der Waals surface area contributed by atoms with Gasteiger partial charge in [-0.3, -0.25) is 9.67 Å². The zero-order valence-corrected chi connectivity index (χ0v) is 12.2. The summed E-state index contributed by atoms with van der Waals surface area (Å²) in [5.74, 6) is 1.70. The van der Waals surface area contributed by atoms with Crippen molar-refractivity contribution in [3.8, 4) is 5.69 Å². The normalized spacial score (nSPS) is 15.0. The van der Waals surface area contributed by atoms with Gasteiger partial charge in [0.05, 0.1) is 11.7 Å². The van der Waals surface area contributed by atoms with Gasteiger partial charge in [-0.25, -0.2) is 9.97 Å². The van der Waals surface area contributed by atoms with E-state index in [-0.39, 0.29) is 0 Å². The number of hydrogen-bond acceptors (Lipinski definition) is 3. The molecule has 1 saturated carbocycles. The predicted octanol–water partition coefficient (Wildman–Crippen LogP) is 3.48. The van der Waals surface area contributed by atoms with Crippen LogP contribution in [0.15, 0.2) is 36.5 Å². The second kappa shape index (κ2) is 4.16. The van der Waals surface area contributed by atoms with Crippen LogP contribution in [0.5, 0.6) is 0 Å². The zero-order valence-electron chi connectivity index (χ0n) is 12.2. The van der Waals surface area contributed by atoms with Gasteiger partial charge >= 0.3 is 0 Å². The van der Waals surface area contributed by atoms with Crippen LogP contribution < -0.4 is 0 Å². The lowest BCUT2D eigenvalue weighted by Crippen LogP contribution is -2.01. The Morgan fingerprint density at radius 1 is 1.14 bits per heavy atom. The van der Waals surface area contributed by atoms with Crippen molar-refractivity contribution < 1.29 is 0 Å². The average Bonchev–Trinajstić information content (AvgIpc) is 3.14. The van der Waals surface area contributed by atoms with Crippen LogP contribution >= 0.6 is 0 Å². The number of hydrogen-bond donors (Lipinski definition) is 1. The monoisotopic (exact) mass is 289 g/mol. The first kappa shape index (κ1) is 11.9. The molecule has 3 heterocycles. The standard InChI is InChI=1S/C17H15N5/c1-10-2-6-15-17(19-10)22(16(20-15)11-3-4-11)13-5-7-14-12(8-13)9-18-21-14/h2,5-9,11H,3-4H2,1H3,(H,18,21). The molecule has 1 N–H and O–H groups in total. The van der Waals surface area contributed by atoms with E-state index in [0.717, 1.165) is 39.3 Å². The van der Waals surface area contributed by atoms with E-state index >= 15 is 0 Å². The SMILES string of the molecule is Cc1ccc2nc(C3CC3)n(-c3ccc4[nH]ncc4c3)c2n1. The molecule has 0 unspecified atom stereocenters. The highest BCUT2D eigenvalue weighted by atomic mass is 15.1. The van der Waals surface area contributed by atoms with Gasteiger partial charge in [-0.05, 0) is 50.1 Å².